The number of nitrogens with one attached hydrogen (secondary N) is 1. The van der Waals surface area contributed by atoms with Crippen LogP contribution in [0.25, 0.3) is 0 Å². The van der Waals surface area contributed by atoms with Crippen molar-refractivity contribution >= 4 is 17.4 Å². The summed E-state index contributed by atoms with van der Waals surface area (Å²) in [7, 11) is 0. The van der Waals surface area contributed by atoms with Crippen LogP contribution >= 0.6 is 0 Å². The number of halogens is 1. The molecule has 0 radical (unpaired) electrons. The van der Waals surface area contributed by atoms with E-state index in [-0.39, 0.29) is 11.8 Å². The van der Waals surface area contributed by atoms with Crippen molar-refractivity contribution in [1.29, 1.82) is 0 Å². The Bertz CT molecular complexity index is 662. The fourth-order valence-electron chi connectivity index (χ4n) is 2.66. The Balaban J connectivity index is 1.54. The van der Waals surface area contributed by atoms with Crippen LogP contribution in [-0.4, -0.2) is 37.1 Å². The summed E-state index contributed by atoms with van der Waals surface area (Å²) in [5, 5.41) is 2.92. The zero-order chi connectivity index (χ0) is 16.2. The molecular weight excluding hydrogens is 293 g/mol. The predicted octanol–water partition coefficient (Wildman–Crippen LogP) is 3.49. The fourth-order valence-corrected chi connectivity index (χ4v) is 2.66. The van der Waals surface area contributed by atoms with Crippen LogP contribution < -0.4 is 10.2 Å². The molecule has 1 aliphatic heterocycles. The standard InChI is InChI=1S/C18H20FN3O/c1-14-2-6-16(7-3-14)20-18(23)22-12-10-21(11-13-22)17-8-4-15(19)5-9-17/h2-9H,10-13H2,1H3,(H,20,23). The summed E-state index contributed by atoms with van der Waals surface area (Å²) in [6, 6.07) is 14.2. The molecule has 1 fully saturated rings. The van der Waals surface area contributed by atoms with Crippen LogP contribution in [0.5, 0.6) is 0 Å². The van der Waals surface area contributed by atoms with E-state index in [1.165, 1.54) is 12.1 Å². The minimum Gasteiger partial charge on any atom is -0.368 e. The number of carbonyl (C=O) groups is 1. The van der Waals surface area contributed by atoms with E-state index in [0.29, 0.717) is 13.1 Å². The smallest absolute Gasteiger partial charge is 0.321 e. The number of hydrogen-bond acceptors (Lipinski definition) is 2. The van der Waals surface area contributed by atoms with Crippen molar-refractivity contribution in [2.24, 2.45) is 0 Å². The molecule has 4 nitrogen and oxygen atoms in total. The third-order valence-corrected chi connectivity index (χ3v) is 4.06. The highest BCUT2D eigenvalue weighted by atomic mass is 19.1. The summed E-state index contributed by atoms with van der Waals surface area (Å²) >= 11 is 0. The van der Waals surface area contributed by atoms with Gasteiger partial charge in [-0.1, -0.05) is 17.7 Å². The van der Waals surface area contributed by atoms with E-state index in [1.807, 2.05) is 31.2 Å². The molecule has 0 aromatic heterocycles. The van der Waals surface area contributed by atoms with Gasteiger partial charge in [0.1, 0.15) is 5.82 Å². The van der Waals surface area contributed by atoms with Crippen molar-refractivity contribution in [1.82, 2.24) is 4.90 Å². The lowest BCUT2D eigenvalue weighted by Crippen LogP contribution is -2.50. The molecule has 23 heavy (non-hydrogen) atoms. The highest BCUT2D eigenvalue weighted by molar-refractivity contribution is 5.89. The van der Waals surface area contributed by atoms with Gasteiger partial charge in [-0.05, 0) is 43.3 Å². The summed E-state index contributed by atoms with van der Waals surface area (Å²) in [4.78, 5) is 16.3. The molecule has 1 aliphatic rings. The first-order chi connectivity index (χ1) is 11.1. The Morgan fingerprint density at radius 1 is 0.957 bits per heavy atom. The van der Waals surface area contributed by atoms with Crippen LogP contribution in [0.1, 0.15) is 5.56 Å². The molecule has 2 aromatic carbocycles. The number of amides is 2. The lowest BCUT2D eigenvalue weighted by atomic mass is 10.2. The summed E-state index contributed by atoms with van der Waals surface area (Å²) in [5.74, 6) is -0.232. The number of rotatable bonds is 2. The highest BCUT2D eigenvalue weighted by Crippen LogP contribution is 2.17. The molecule has 0 aliphatic carbocycles. The van der Waals surface area contributed by atoms with Gasteiger partial charge in [-0.2, -0.15) is 0 Å². The summed E-state index contributed by atoms with van der Waals surface area (Å²) in [6.07, 6.45) is 0. The molecular formula is C18H20FN3O. The first kappa shape index (κ1) is 15.3. The molecule has 0 bridgehead atoms. The number of nitrogens with zero attached hydrogens (tertiary/aromatic N) is 2. The minimum absolute atomic E-state index is 0.0763. The summed E-state index contributed by atoms with van der Waals surface area (Å²) in [6.45, 7) is 4.80. The van der Waals surface area contributed by atoms with Gasteiger partial charge in [0.25, 0.3) is 0 Å². The molecule has 2 amide bonds. The Morgan fingerprint density at radius 3 is 2.17 bits per heavy atom. The Hall–Kier alpha value is -2.56. The number of piperazine rings is 1. The number of hydrogen-bond donors (Lipinski definition) is 1. The van der Waals surface area contributed by atoms with Gasteiger partial charge in [-0.25, -0.2) is 9.18 Å². The van der Waals surface area contributed by atoms with Crippen molar-refractivity contribution in [3.63, 3.8) is 0 Å². The largest absolute Gasteiger partial charge is 0.368 e. The van der Waals surface area contributed by atoms with Crippen LogP contribution in [0.15, 0.2) is 48.5 Å². The van der Waals surface area contributed by atoms with Gasteiger partial charge < -0.3 is 15.1 Å². The zero-order valence-electron chi connectivity index (χ0n) is 13.1. The molecule has 5 heteroatoms. The monoisotopic (exact) mass is 313 g/mol. The molecule has 1 saturated heterocycles. The molecule has 120 valence electrons. The van der Waals surface area contributed by atoms with Crippen molar-refractivity contribution < 1.29 is 9.18 Å². The van der Waals surface area contributed by atoms with Gasteiger partial charge in [-0.3, -0.25) is 0 Å². The Labute approximate surface area is 135 Å². The van der Waals surface area contributed by atoms with Gasteiger partial charge in [-0.15, -0.1) is 0 Å². The van der Waals surface area contributed by atoms with Gasteiger partial charge in [0, 0.05) is 37.6 Å². The predicted molar refractivity (Wildman–Crippen MR) is 90.4 cm³/mol. The van der Waals surface area contributed by atoms with E-state index in [9.17, 15) is 9.18 Å². The van der Waals surface area contributed by atoms with E-state index in [2.05, 4.69) is 10.2 Å². The van der Waals surface area contributed by atoms with E-state index in [0.717, 1.165) is 30.0 Å². The van der Waals surface area contributed by atoms with Crippen LogP contribution in [0.3, 0.4) is 0 Å². The number of aryl methyl sites for hydroxylation is 1. The lowest BCUT2D eigenvalue weighted by Gasteiger charge is -2.36. The third-order valence-electron chi connectivity index (χ3n) is 4.06. The molecule has 0 atom stereocenters. The van der Waals surface area contributed by atoms with E-state index >= 15 is 0 Å². The lowest BCUT2D eigenvalue weighted by molar-refractivity contribution is 0.208. The Kier molecular flexibility index (Phi) is 4.46. The molecule has 0 spiro atoms. The first-order valence-electron chi connectivity index (χ1n) is 7.75. The number of anilines is 2. The van der Waals surface area contributed by atoms with Gasteiger partial charge in [0.05, 0.1) is 0 Å². The van der Waals surface area contributed by atoms with E-state index in [4.69, 9.17) is 0 Å². The molecule has 1 N–H and O–H groups in total. The second-order valence-corrected chi connectivity index (χ2v) is 5.75. The average molecular weight is 313 g/mol. The zero-order valence-corrected chi connectivity index (χ0v) is 13.1. The quantitative estimate of drug-likeness (QED) is 0.921. The van der Waals surface area contributed by atoms with Gasteiger partial charge in [0.15, 0.2) is 0 Å². The third kappa shape index (κ3) is 3.80. The SMILES string of the molecule is Cc1ccc(NC(=O)N2CCN(c3ccc(F)cc3)CC2)cc1. The van der Waals surface area contributed by atoms with Gasteiger partial charge >= 0.3 is 6.03 Å². The van der Waals surface area contributed by atoms with E-state index < -0.39 is 0 Å². The second kappa shape index (κ2) is 6.69. The van der Waals surface area contributed by atoms with Gasteiger partial charge in [0.2, 0.25) is 0 Å². The van der Waals surface area contributed by atoms with Crippen molar-refractivity contribution in [2.75, 3.05) is 36.4 Å². The molecule has 0 unspecified atom stereocenters. The summed E-state index contributed by atoms with van der Waals surface area (Å²) in [5.41, 5.74) is 2.96. The maximum absolute atomic E-state index is 13.0. The van der Waals surface area contributed by atoms with Crippen LogP contribution in [0, 0.1) is 12.7 Å². The maximum atomic E-state index is 13.0. The average Bonchev–Trinajstić information content (AvgIpc) is 2.58. The van der Waals surface area contributed by atoms with Crippen molar-refractivity contribution in [3.05, 3.63) is 59.9 Å². The molecule has 0 saturated carbocycles. The molecule has 1 heterocycles. The van der Waals surface area contributed by atoms with Crippen molar-refractivity contribution in [2.45, 2.75) is 6.92 Å². The normalized spacial score (nSPS) is 14.7. The minimum atomic E-state index is -0.232. The van der Waals surface area contributed by atoms with E-state index in [1.54, 1.807) is 17.0 Å². The number of urea groups is 1. The van der Waals surface area contributed by atoms with Crippen LogP contribution in [0.2, 0.25) is 0 Å². The topological polar surface area (TPSA) is 35.6 Å². The van der Waals surface area contributed by atoms with Crippen LogP contribution in [0.4, 0.5) is 20.6 Å². The number of carbonyl (C=O) groups excluding carboxylic acids is 1. The van der Waals surface area contributed by atoms with Crippen molar-refractivity contribution in [3.8, 4) is 0 Å². The molecule has 2 aromatic rings. The second-order valence-electron chi connectivity index (χ2n) is 5.75. The van der Waals surface area contributed by atoms with Crippen LogP contribution in [-0.2, 0) is 0 Å². The highest BCUT2D eigenvalue weighted by Gasteiger charge is 2.21. The molecule has 3 rings (SSSR count). The fraction of sp³-hybridized carbons (Fsp3) is 0.278. The first-order valence-corrected chi connectivity index (χ1v) is 7.75. The summed E-state index contributed by atoms with van der Waals surface area (Å²) < 4.78 is 13.0. The number of benzene rings is 2. The maximum Gasteiger partial charge on any atom is 0.321 e. The Morgan fingerprint density at radius 2 is 1.57 bits per heavy atom.